The third-order valence-electron chi connectivity index (χ3n) is 4.41. The number of hydrogen-bond donors (Lipinski definition) is 0. The van der Waals surface area contributed by atoms with E-state index in [1.165, 1.54) is 0 Å². The van der Waals surface area contributed by atoms with Gasteiger partial charge < -0.3 is 9.05 Å². The predicted octanol–water partition coefficient (Wildman–Crippen LogP) is 6.69. The zero-order valence-corrected chi connectivity index (χ0v) is 19.5. The van der Waals surface area contributed by atoms with Crippen LogP contribution < -0.4 is 4.31 Å². The van der Waals surface area contributed by atoms with E-state index in [1.54, 1.807) is 38.1 Å². The Morgan fingerprint density at radius 3 is 2.25 bits per heavy atom. The van der Waals surface area contributed by atoms with Crippen LogP contribution in [0.5, 0.6) is 0 Å². The molecule has 3 aromatic rings. The van der Waals surface area contributed by atoms with Crippen LogP contribution in [0.25, 0.3) is 10.8 Å². The summed E-state index contributed by atoms with van der Waals surface area (Å²) in [5.74, 6) is -0.804. The van der Waals surface area contributed by atoms with Gasteiger partial charge in [0.15, 0.2) is 0 Å². The molecule has 0 heterocycles. The minimum atomic E-state index is -4.38. The highest BCUT2D eigenvalue weighted by molar-refractivity contribution is 7.93. The maximum absolute atomic E-state index is 14.0. The smallest absolute Gasteiger partial charge is 0.308 e. The van der Waals surface area contributed by atoms with Crippen molar-refractivity contribution in [2.24, 2.45) is 0 Å². The van der Waals surface area contributed by atoms with Crippen molar-refractivity contribution in [1.29, 1.82) is 0 Å². The predicted molar refractivity (Wildman–Crippen MR) is 127 cm³/mol. The molecule has 0 bridgehead atoms. The Kier molecular flexibility index (Phi) is 8.85. The molecule has 0 unspecified atom stereocenters. The van der Waals surface area contributed by atoms with Crippen LogP contribution in [0.15, 0.2) is 65.6 Å². The average molecular weight is 502 g/mol. The van der Waals surface area contributed by atoms with E-state index >= 15 is 0 Å². The summed E-state index contributed by atoms with van der Waals surface area (Å²) in [6, 6.07) is 15.3. The van der Waals surface area contributed by atoms with Crippen molar-refractivity contribution in [3.63, 3.8) is 0 Å². The van der Waals surface area contributed by atoms with E-state index in [9.17, 15) is 17.4 Å². The van der Waals surface area contributed by atoms with E-state index in [0.29, 0.717) is 5.39 Å². The van der Waals surface area contributed by atoms with Crippen LogP contribution >= 0.6 is 19.2 Å². The van der Waals surface area contributed by atoms with Crippen molar-refractivity contribution in [3.05, 3.63) is 71.5 Å². The molecule has 0 atom stereocenters. The molecule has 32 heavy (non-hydrogen) atoms. The number of benzene rings is 3. The van der Waals surface area contributed by atoms with Crippen molar-refractivity contribution >= 4 is 45.7 Å². The molecule has 0 saturated heterocycles. The van der Waals surface area contributed by atoms with E-state index in [2.05, 4.69) is 0 Å². The zero-order chi connectivity index (χ0) is 22.6. The summed E-state index contributed by atoms with van der Waals surface area (Å²) in [7, 11) is -8.22. The SMILES string of the molecule is C.CCOP(=O)(CN(c1cccc2ccccc12)S(=O)(=O)c1cc(F)cc(Cl)c1)OCC. The lowest BCUT2D eigenvalue weighted by Gasteiger charge is -2.29. The summed E-state index contributed by atoms with van der Waals surface area (Å²) in [4.78, 5) is -0.370. The van der Waals surface area contributed by atoms with Crippen molar-refractivity contribution in [3.8, 4) is 0 Å². The minimum Gasteiger partial charge on any atom is -0.308 e. The largest absolute Gasteiger partial charge is 0.350 e. The second kappa shape index (κ2) is 10.8. The quantitative estimate of drug-likeness (QED) is 0.305. The number of nitrogens with zero attached hydrogens (tertiary/aromatic N) is 1. The number of rotatable bonds is 9. The van der Waals surface area contributed by atoms with Crippen molar-refractivity contribution in [2.45, 2.75) is 26.2 Å². The Labute approximate surface area is 193 Å². The molecule has 0 N–H and O–H groups in total. The Bertz CT molecular complexity index is 1200. The molecule has 174 valence electrons. The van der Waals surface area contributed by atoms with Crippen LogP contribution in [0.4, 0.5) is 10.1 Å². The van der Waals surface area contributed by atoms with E-state index in [1.807, 2.05) is 18.2 Å². The first-order chi connectivity index (χ1) is 14.7. The van der Waals surface area contributed by atoms with E-state index in [0.717, 1.165) is 27.9 Å². The van der Waals surface area contributed by atoms with Crippen molar-refractivity contribution in [1.82, 2.24) is 0 Å². The Hall–Kier alpha value is -1.96. The molecule has 3 rings (SSSR count). The summed E-state index contributed by atoms with van der Waals surface area (Å²) in [6.07, 6.45) is -0.584. The topological polar surface area (TPSA) is 72.9 Å². The summed E-state index contributed by atoms with van der Waals surface area (Å²) in [5, 5.41) is 1.31. The second-order valence-corrected chi connectivity index (χ2v) is 10.9. The molecule has 10 heteroatoms. The van der Waals surface area contributed by atoms with Crippen molar-refractivity contribution in [2.75, 3.05) is 23.8 Å². The molecule has 0 amide bonds. The van der Waals surface area contributed by atoms with Crippen LogP contribution in [-0.2, 0) is 23.6 Å². The van der Waals surface area contributed by atoms with Gasteiger partial charge in [-0.15, -0.1) is 0 Å². The molecule has 6 nitrogen and oxygen atoms in total. The highest BCUT2D eigenvalue weighted by atomic mass is 35.5. The fraction of sp³-hybridized carbons (Fsp3) is 0.273. The third kappa shape index (κ3) is 5.69. The lowest BCUT2D eigenvalue weighted by atomic mass is 10.1. The molecule has 0 fully saturated rings. The minimum absolute atomic E-state index is 0. The molecule has 0 saturated carbocycles. The first-order valence-electron chi connectivity index (χ1n) is 9.55. The molecule has 0 aromatic heterocycles. The van der Waals surface area contributed by atoms with Crippen LogP contribution in [0.1, 0.15) is 21.3 Å². The molecule has 0 spiro atoms. The second-order valence-electron chi connectivity index (χ2n) is 6.54. The standard InChI is InChI=1S/C21H22ClFNO5PS.CH4/c1-3-28-30(25,29-4-2)15-24(21-11-7-9-16-8-5-6-10-20(16)21)31(26,27)19-13-17(22)12-18(23)14-19;/h5-14H,3-4,15H2,1-2H3;1H4. The molecule has 0 aliphatic rings. The third-order valence-corrected chi connectivity index (χ3v) is 8.49. The van der Waals surface area contributed by atoms with Gasteiger partial charge in [-0.2, -0.15) is 0 Å². The van der Waals surface area contributed by atoms with Crippen LogP contribution in [0, 0.1) is 5.82 Å². The molecular formula is C22H26ClFNO5PS. The summed E-state index contributed by atoms with van der Waals surface area (Å²) in [5.41, 5.74) is 0.262. The van der Waals surface area contributed by atoms with Gasteiger partial charge in [0, 0.05) is 10.4 Å². The highest BCUT2D eigenvalue weighted by Crippen LogP contribution is 2.50. The van der Waals surface area contributed by atoms with Gasteiger partial charge in [-0.3, -0.25) is 8.87 Å². The van der Waals surface area contributed by atoms with Crippen LogP contribution in [-0.4, -0.2) is 27.9 Å². The fourth-order valence-corrected chi connectivity index (χ4v) is 7.20. The number of anilines is 1. The monoisotopic (exact) mass is 501 g/mol. The van der Waals surface area contributed by atoms with Gasteiger partial charge in [0.25, 0.3) is 10.0 Å². The number of hydrogen-bond acceptors (Lipinski definition) is 5. The van der Waals surface area contributed by atoms with Gasteiger partial charge in [0.1, 0.15) is 12.1 Å². The number of fused-ring (bicyclic) bond motifs is 1. The van der Waals surface area contributed by atoms with E-state index < -0.39 is 29.7 Å². The maximum Gasteiger partial charge on any atom is 0.350 e. The van der Waals surface area contributed by atoms with E-state index in [4.69, 9.17) is 20.6 Å². The van der Waals surface area contributed by atoms with Crippen LogP contribution in [0.3, 0.4) is 0 Å². The van der Waals surface area contributed by atoms with E-state index in [-0.39, 0.29) is 36.2 Å². The average Bonchev–Trinajstić information content (AvgIpc) is 2.71. The molecule has 0 aliphatic heterocycles. The number of halogens is 2. The fourth-order valence-electron chi connectivity index (χ4n) is 3.18. The normalized spacial score (nSPS) is 11.9. The van der Waals surface area contributed by atoms with Crippen LogP contribution in [0.2, 0.25) is 5.02 Å². The van der Waals surface area contributed by atoms with Gasteiger partial charge in [-0.05, 0) is 43.5 Å². The van der Waals surface area contributed by atoms with Gasteiger partial charge in [0.05, 0.1) is 23.8 Å². The summed E-state index contributed by atoms with van der Waals surface area (Å²) in [6.45, 7) is 3.39. The van der Waals surface area contributed by atoms with Crippen molar-refractivity contribution < 1.29 is 26.4 Å². The zero-order valence-electron chi connectivity index (χ0n) is 17.0. The Balaban J connectivity index is 0.00000363. The first kappa shape index (κ1) is 26.3. The maximum atomic E-state index is 14.0. The lowest BCUT2D eigenvalue weighted by molar-refractivity contribution is 0.221. The first-order valence-corrected chi connectivity index (χ1v) is 13.1. The molecule has 3 aromatic carbocycles. The van der Waals surface area contributed by atoms with Gasteiger partial charge in [-0.25, -0.2) is 12.8 Å². The van der Waals surface area contributed by atoms with Gasteiger partial charge >= 0.3 is 7.60 Å². The van der Waals surface area contributed by atoms with Gasteiger partial charge in [0.2, 0.25) is 0 Å². The highest BCUT2D eigenvalue weighted by Gasteiger charge is 2.36. The summed E-state index contributed by atoms with van der Waals surface area (Å²) < 4.78 is 66.2. The lowest BCUT2D eigenvalue weighted by Crippen LogP contribution is -2.33. The Morgan fingerprint density at radius 1 is 1.00 bits per heavy atom. The molecule has 0 radical (unpaired) electrons. The van der Waals surface area contributed by atoms with Gasteiger partial charge in [-0.1, -0.05) is 55.4 Å². The summed E-state index contributed by atoms with van der Waals surface area (Å²) >= 11 is 5.91. The Morgan fingerprint density at radius 2 is 1.62 bits per heavy atom. The number of sulfonamides is 1. The molecule has 0 aliphatic carbocycles. The molecular weight excluding hydrogens is 476 g/mol.